The van der Waals surface area contributed by atoms with E-state index in [9.17, 15) is 4.79 Å². The van der Waals surface area contributed by atoms with E-state index in [4.69, 9.17) is 4.42 Å². The van der Waals surface area contributed by atoms with Crippen LogP contribution in [-0.4, -0.2) is 0 Å². The third kappa shape index (κ3) is 4.68. The van der Waals surface area contributed by atoms with Crippen LogP contribution < -0.4 is 5.63 Å². The maximum absolute atomic E-state index is 11.8. The van der Waals surface area contributed by atoms with Gasteiger partial charge < -0.3 is 4.42 Å². The maximum atomic E-state index is 11.8. The Balaban J connectivity index is 1.65. The Bertz CT molecular complexity index is 724. The van der Waals surface area contributed by atoms with Crippen molar-refractivity contribution in [2.75, 3.05) is 0 Å². The zero-order valence-electron chi connectivity index (χ0n) is 13.1. The van der Waals surface area contributed by atoms with Crippen LogP contribution >= 0.6 is 0 Å². The van der Waals surface area contributed by atoms with Gasteiger partial charge in [0.15, 0.2) is 0 Å². The molecule has 0 aliphatic heterocycles. The lowest BCUT2D eigenvalue weighted by molar-refractivity contribution is 0.456. The topological polar surface area (TPSA) is 30.2 Å². The van der Waals surface area contributed by atoms with Crippen molar-refractivity contribution >= 4 is 0 Å². The van der Waals surface area contributed by atoms with Crippen LogP contribution in [-0.2, 0) is 25.7 Å². The summed E-state index contributed by atoms with van der Waals surface area (Å²) in [5.74, 6) is 0.768. The summed E-state index contributed by atoms with van der Waals surface area (Å²) in [4.78, 5) is 11.8. The Morgan fingerprint density at radius 1 is 0.609 bits per heavy atom. The first-order valence-corrected chi connectivity index (χ1v) is 8.00. The molecule has 1 aromatic heterocycles. The summed E-state index contributed by atoms with van der Waals surface area (Å²) in [7, 11) is 0. The zero-order chi connectivity index (χ0) is 15.9. The van der Waals surface area contributed by atoms with Crippen molar-refractivity contribution < 1.29 is 4.42 Å². The van der Waals surface area contributed by atoms with Gasteiger partial charge in [0.1, 0.15) is 5.76 Å². The second-order valence-electron chi connectivity index (χ2n) is 5.72. The van der Waals surface area contributed by atoms with Crippen LogP contribution in [0, 0.1) is 0 Å². The minimum Gasteiger partial charge on any atom is -0.428 e. The Kier molecular flexibility index (Phi) is 5.05. The van der Waals surface area contributed by atoms with E-state index in [0.29, 0.717) is 0 Å². The molecule has 0 fully saturated rings. The number of hydrogen-bond donors (Lipinski definition) is 0. The Morgan fingerprint density at radius 3 is 1.74 bits per heavy atom. The third-order valence-corrected chi connectivity index (χ3v) is 3.93. The third-order valence-electron chi connectivity index (χ3n) is 3.93. The molecule has 0 saturated heterocycles. The molecule has 3 aromatic rings. The molecule has 2 heteroatoms. The predicted octanol–water partition coefficient (Wildman–Crippen LogP) is 4.21. The molecule has 116 valence electrons. The van der Waals surface area contributed by atoms with Crippen molar-refractivity contribution in [3.05, 3.63) is 106 Å². The molecular formula is C21H20O2. The summed E-state index contributed by atoms with van der Waals surface area (Å²) >= 11 is 0. The molecule has 0 bridgehead atoms. The molecule has 0 aliphatic rings. The molecule has 0 aliphatic carbocycles. The van der Waals surface area contributed by atoms with E-state index in [-0.39, 0.29) is 5.63 Å². The summed E-state index contributed by atoms with van der Waals surface area (Å²) in [5, 5.41) is 0. The van der Waals surface area contributed by atoms with Gasteiger partial charge >= 0.3 is 5.63 Å². The van der Waals surface area contributed by atoms with Crippen LogP contribution in [0.1, 0.15) is 22.5 Å². The van der Waals surface area contributed by atoms with E-state index in [0.717, 1.165) is 37.0 Å². The highest BCUT2D eigenvalue weighted by Crippen LogP contribution is 2.10. The highest BCUT2D eigenvalue weighted by molar-refractivity contribution is 5.21. The van der Waals surface area contributed by atoms with E-state index >= 15 is 0 Å². The smallest absolute Gasteiger partial charge is 0.336 e. The summed E-state index contributed by atoms with van der Waals surface area (Å²) in [6, 6.07) is 24.2. The molecule has 3 rings (SSSR count). The molecule has 1 heterocycles. The Hall–Kier alpha value is -2.61. The van der Waals surface area contributed by atoms with Gasteiger partial charge in [-0.05, 0) is 42.0 Å². The largest absolute Gasteiger partial charge is 0.428 e. The first kappa shape index (κ1) is 15.3. The zero-order valence-corrected chi connectivity index (χ0v) is 13.1. The molecule has 23 heavy (non-hydrogen) atoms. The van der Waals surface area contributed by atoms with Crippen molar-refractivity contribution in [1.82, 2.24) is 0 Å². The van der Waals surface area contributed by atoms with E-state index in [1.54, 1.807) is 6.07 Å². The van der Waals surface area contributed by atoms with Gasteiger partial charge in [0.05, 0.1) is 0 Å². The number of rotatable bonds is 6. The quantitative estimate of drug-likeness (QED) is 0.683. The van der Waals surface area contributed by atoms with Crippen molar-refractivity contribution in [1.29, 1.82) is 0 Å². The molecule has 0 N–H and O–H groups in total. The van der Waals surface area contributed by atoms with Gasteiger partial charge in [0, 0.05) is 12.5 Å². The van der Waals surface area contributed by atoms with Gasteiger partial charge in [0.25, 0.3) is 0 Å². The average Bonchev–Trinajstić information content (AvgIpc) is 2.60. The van der Waals surface area contributed by atoms with Gasteiger partial charge in [-0.1, -0.05) is 60.7 Å². The molecule has 0 atom stereocenters. The van der Waals surface area contributed by atoms with Crippen LogP contribution in [0.5, 0.6) is 0 Å². The molecular weight excluding hydrogens is 284 g/mol. The second-order valence-corrected chi connectivity index (χ2v) is 5.72. The predicted molar refractivity (Wildman–Crippen MR) is 92.7 cm³/mol. The van der Waals surface area contributed by atoms with Crippen LogP contribution in [0.4, 0.5) is 0 Å². The van der Waals surface area contributed by atoms with Gasteiger partial charge in [-0.25, -0.2) is 4.79 Å². The van der Waals surface area contributed by atoms with Crippen molar-refractivity contribution in [2.45, 2.75) is 25.7 Å². The average molecular weight is 304 g/mol. The number of hydrogen-bond acceptors (Lipinski definition) is 2. The van der Waals surface area contributed by atoms with Crippen LogP contribution in [0.2, 0.25) is 0 Å². The molecule has 2 nitrogen and oxygen atoms in total. The number of aryl methyl sites for hydroxylation is 4. The van der Waals surface area contributed by atoms with E-state index in [1.165, 1.54) is 11.1 Å². The SMILES string of the molecule is O=c1cc(CCc2ccccc2)cc(CCc2ccccc2)o1. The summed E-state index contributed by atoms with van der Waals surface area (Å²) < 4.78 is 5.34. The lowest BCUT2D eigenvalue weighted by atomic mass is 10.0. The fourth-order valence-corrected chi connectivity index (χ4v) is 2.70. The normalized spacial score (nSPS) is 10.6. The summed E-state index contributed by atoms with van der Waals surface area (Å²) in [6.07, 6.45) is 3.42. The van der Waals surface area contributed by atoms with Crippen molar-refractivity contribution in [3.8, 4) is 0 Å². The monoisotopic (exact) mass is 304 g/mol. The fraction of sp³-hybridized carbons (Fsp3) is 0.190. The lowest BCUT2D eigenvalue weighted by Gasteiger charge is -2.05. The first-order chi connectivity index (χ1) is 11.3. The van der Waals surface area contributed by atoms with Crippen LogP contribution in [0.25, 0.3) is 0 Å². The number of benzene rings is 2. The van der Waals surface area contributed by atoms with Crippen LogP contribution in [0.15, 0.2) is 82.0 Å². The Labute approximate surface area is 136 Å². The van der Waals surface area contributed by atoms with Gasteiger partial charge in [-0.3, -0.25) is 0 Å². The van der Waals surface area contributed by atoms with Gasteiger partial charge in [-0.2, -0.15) is 0 Å². The molecule has 0 radical (unpaired) electrons. The molecule has 0 saturated carbocycles. The minimum atomic E-state index is -0.251. The minimum absolute atomic E-state index is 0.251. The molecule has 0 spiro atoms. The van der Waals surface area contributed by atoms with Crippen molar-refractivity contribution in [3.63, 3.8) is 0 Å². The van der Waals surface area contributed by atoms with E-state index in [1.807, 2.05) is 42.5 Å². The van der Waals surface area contributed by atoms with Gasteiger partial charge in [0.2, 0.25) is 0 Å². The summed E-state index contributed by atoms with van der Waals surface area (Å²) in [5.41, 5.74) is 3.34. The Morgan fingerprint density at radius 2 is 1.13 bits per heavy atom. The fourth-order valence-electron chi connectivity index (χ4n) is 2.70. The highest BCUT2D eigenvalue weighted by atomic mass is 16.4. The lowest BCUT2D eigenvalue weighted by Crippen LogP contribution is -2.05. The van der Waals surface area contributed by atoms with Gasteiger partial charge in [-0.15, -0.1) is 0 Å². The van der Waals surface area contributed by atoms with E-state index in [2.05, 4.69) is 24.3 Å². The highest BCUT2D eigenvalue weighted by Gasteiger charge is 2.04. The van der Waals surface area contributed by atoms with E-state index < -0.39 is 0 Å². The molecule has 0 unspecified atom stereocenters. The standard InChI is InChI=1S/C21H20O2/c22-21-16-19(12-11-17-7-3-1-4-8-17)15-20(23-21)14-13-18-9-5-2-6-10-18/h1-10,15-16H,11-14H2. The van der Waals surface area contributed by atoms with Crippen LogP contribution in [0.3, 0.4) is 0 Å². The van der Waals surface area contributed by atoms with Crippen molar-refractivity contribution in [2.24, 2.45) is 0 Å². The molecule has 0 amide bonds. The first-order valence-electron chi connectivity index (χ1n) is 8.00. The molecule has 2 aromatic carbocycles. The summed E-state index contributed by atoms with van der Waals surface area (Å²) in [6.45, 7) is 0. The second kappa shape index (κ2) is 7.59. The maximum Gasteiger partial charge on any atom is 0.336 e.